The molecule has 4 rings (SSSR count). The molecule has 5 nitrogen and oxygen atoms in total. The highest BCUT2D eigenvalue weighted by atomic mass is 16.5. The maximum Gasteiger partial charge on any atom is 0.187 e. The average Bonchev–Trinajstić information content (AvgIpc) is 3.05. The number of methoxy groups -OCH3 is 1. The number of aryl methyl sites for hydroxylation is 2. The molecule has 0 unspecified atom stereocenters. The summed E-state index contributed by atoms with van der Waals surface area (Å²) in [5.41, 5.74) is 5.62. The molecule has 0 aliphatic rings. The summed E-state index contributed by atoms with van der Waals surface area (Å²) in [6.45, 7) is 4.07. The summed E-state index contributed by atoms with van der Waals surface area (Å²) < 4.78 is 7.33. The molecular weight excluding hydrogens is 336 g/mol. The van der Waals surface area contributed by atoms with Gasteiger partial charge in [0, 0.05) is 11.8 Å². The molecule has 2 aromatic heterocycles. The highest BCUT2D eigenvalue weighted by Crippen LogP contribution is 2.34. The Bertz CT molecular complexity index is 1140. The minimum absolute atomic E-state index is 0.696. The Morgan fingerprint density at radius 3 is 2.59 bits per heavy atom. The van der Waals surface area contributed by atoms with Crippen molar-refractivity contribution in [2.24, 2.45) is 10.2 Å². The van der Waals surface area contributed by atoms with Gasteiger partial charge in [-0.15, -0.1) is 10.2 Å². The second kappa shape index (κ2) is 7.03. The molecule has 27 heavy (non-hydrogen) atoms. The van der Waals surface area contributed by atoms with Crippen molar-refractivity contribution < 1.29 is 4.74 Å². The second-order valence-electron chi connectivity index (χ2n) is 6.43. The van der Waals surface area contributed by atoms with Gasteiger partial charge in [-0.25, -0.2) is 4.98 Å². The molecule has 2 aromatic carbocycles. The number of azo groups is 1. The van der Waals surface area contributed by atoms with Gasteiger partial charge in [-0.2, -0.15) is 0 Å². The van der Waals surface area contributed by atoms with Gasteiger partial charge in [0.25, 0.3) is 0 Å². The highest BCUT2D eigenvalue weighted by molar-refractivity contribution is 5.75. The van der Waals surface area contributed by atoms with E-state index in [0.717, 1.165) is 39.5 Å². The lowest BCUT2D eigenvalue weighted by molar-refractivity contribution is 0.415. The van der Waals surface area contributed by atoms with E-state index in [1.54, 1.807) is 7.11 Å². The maximum absolute atomic E-state index is 5.37. The van der Waals surface area contributed by atoms with E-state index in [1.165, 1.54) is 0 Å². The van der Waals surface area contributed by atoms with E-state index >= 15 is 0 Å². The van der Waals surface area contributed by atoms with Gasteiger partial charge in [-0.05, 0) is 55.3 Å². The van der Waals surface area contributed by atoms with E-state index in [2.05, 4.69) is 17.2 Å². The second-order valence-corrected chi connectivity index (χ2v) is 6.43. The summed E-state index contributed by atoms with van der Waals surface area (Å²) in [5, 5.41) is 9.05. The van der Waals surface area contributed by atoms with Crippen molar-refractivity contribution in [1.29, 1.82) is 0 Å². The van der Waals surface area contributed by atoms with E-state index in [4.69, 9.17) is 9.72 Å². The lowest BCUT2D eigenvalue weighted by Crippen LogP contribution is -1.85. The minimum Gasteiger partial charge on any atom is -0.497 e. The Labute approximate surface area is 158 Å². The predicted molar refractivity (Wildman–Crippen MR) is 107 cm³/mol. The maximum atomic E-state index is 5.37. The normalized spacial score (nSPS) is 11.4. The van der Waals surface area contributed by atoms with E-state index in [9.17, 15) is 0 Å². The lowest BCUT2D eigenvalue weighted by atomic mass is 10.1. The number of hydrogen-bond donors (Lipinski definition) is 0. The molecular formula is C22H20N4O. The number of benzene rings is 2. The van der Waals surface area contributed by atoms with Crippen LogP contribution in [0.15, 0.2) is 77.1 Å². The van der Waals surface area contributed by atoms with Gasteiger partial charge in [-0.3, -0.25) is 4.40 Å². The zero-order valence-electron chi connectivity index (χ0n) is 15.5. The number of hydrogen-bond acceptors (Lipinski definition) is 4. The summed E-state index contributed by atoms with van der Waals surface area (Å²) >= 11 is 0. The number of pyridine rings is 1. The molecule has 134 valence electrons. The molecule has 0 N–H and O–H groups in total. The van der Waals surface area contributed by atoms with E-state index in [1.807, 2.05) is 78.2 Å². The molecule has 0 saturated carbocycles. The first-order valence-corrected chi connectivity index (χ1v) is 8.76. The van der Waals surface area contributed by atoms with Crippen LogP contribution in [0.25, 0.3) is 16.9 Å². The van der Waals surface area contributed by atoms with Crippen LogP contribution in [0.2, 0.25) is 0 Å². The van der Waals surface area contributed by atoms with Crippen molar-refractivity contribution >= 4 is 17.2 Å². The number of ether oxygens (including phenoxy) is 1. The monoisotopic (exact) mass is 356 g/mol. The highest BCUT2D eigenvalue weighted by Gasteiger charge is 2.15. The largest absolute Gasteiger partial charge is 0.497 e. The Kier molecular flexibility index (Phi) is 4.42. The first-order chi connectivity index (χ1) is 13.2. The topological polar surface area (TPSA) is 51.2 Å². The van der Waals surface area contributed by atoms with Crippen LogP contribution < -0.4 is 4.74 Å². The van der Waals surface area contributed by atoms with Crippen molar-refractivity contribution in [1.82, 2.24) is 9.38 Å². The molecule has 5 heteroatoms. The van der Waals surface area contributed by atoms with Crippen LogP contribution >= 0.6 is 0 Å². The van der Waals surface area contributed by atoms with Crippen molar-refractivity contribution in [3.05, 3.63) is 78.0 Å². The van der Waals surface area contributed by atoms with Gasteiger partial charge in [-0.1, -0.05) is 30.3 Å². The van der Waals surface area contributed by atoms with Crippen LogP contribution in [0.3, 0.4) is 0 Å². The standard InChI is InChI=1S/C22H20N4O/c1-15-11-12-26-20(13-15)23-21(17-8-6-9-18(14-17)27-3)22(26)25-24-19-10-5-4-7-16(19)2/h4-14H,1-3H3. The molecule has 0 amide bonds. The van der Waals surface area contributed by atoms with Crippen molar-refractivity contribution in [2.45, 2.75) is 13.8 Å². The summed E-state index contributed by atoms with van der Waals surface area (Å²) in [7, 11) is 1.66. The fraction of sp³-hybridized carbons (Fsp3) is 0.136. The van der Waals surface area contributed by atoms with Gasteiger partial charge < -0.3 is 4.74 Å². The third kappa shape index (κ3) is 3.31. The van der Waals surface area contributed by atoms with Crippen LogP contribution in [0.5, 0.6) is 5.75 Å². The fourth-order valence-corrected chi connectivity index (χ4v) is 2.97. The van der Waals surface area contributed by atoms with Gasteiger partial charge >= 0.3 is 0 Å². The van der Waals surface area contributed by atoms with Crippen molar-refractivity contribution in [3.63, 3.8) is 0 Å². The Morgan fingerprint density at radius 2 is 1.78 bits per heavy atom. The van der Waals surface area contributed by atoms with E-state index in [-0.39, 0.29) is 0 Å². The Hall–Kier alpha value is -3.47. The van der Waals surface area contributed by atoms with Crippen LogP contribution in [-0.4, -0.2) is 16.5 Å². The first kappa shape index (κ1) is 17.0. The van der Waals surface area contributed by atoms with Gasteiger partial charge in [0.1, 0.15) is 17.1 Å². The summed E-state index contributed by atoms with van der Waals surface area (Å²) in [4.78, 5) is 4.81. The smallest absolute Gasteiger partial charge is 0.187 e. The molecule has 0 aliphatic carbocycles. The number of aromatic nitrogens is 2. The molecule has 2 heterocycles. The molecule has 0 radical (unpaired) electrons. The Morgan fingerprint density at radius 1 is 0.926 bits per heavy atom. The zero-order valence-corrected chi connectivity index (χ0v) is 15.5. The molecule has 0 atom stereocenters. The predicted octanol–water partition coefficient (Wildman–Crippen LogP) is 6.04. The van der Waals surface area contributed by atoms with Crippen molar-refractivity contribution in [2.75, 3.05) is 7.11 Å². The van der Waals surface area contributed by atoms with Gasteiger partial charge in [0.15, 0.2) is 5.82 Å². The average molecular weight is 356 g/mol. The van der Waals surface area contributed by atoms with Crippen LogP contribution in [0.1, 0.15) is 11.1 Å². The van der Waals surface area contributed by atoms with Crippen LogP contribution in [0, 0.1) is 13.8 Å². The molecule has 4 aromatic rings. The van der Waals surface area contributed by atoms with E-state index in [0.29, 0.717) is 5.82 Å². The number of rotatable bonds is 4. The quantitative estimate of drug-likeness (QED) is 0.418. The van der Waals surface area contributed by atoms with Crippen LogP contribution in [0.4, 0.5) is 11.5 Å². The fourth-order valence-electron chi connectivity index (χ4n) is 2.97. The molecule has 0 spiro atoms. The van der Waals surface area contributed by atoms with Gasteiger partial charge in [0.05, 0.1) is 12.8 Å². The zero-order chi connectivity index (χ0) is 18.8. The molecule has 0 aliphatic heterocycles. The summed E-state index contributed by atoms with van der Waals surface area (Å²) in [6.07, 6.45) is 1.98. The lowest BCUT2D eigenvalue weighted by Gasteiger charge is -2.03. The van der Waals surface area contributed by atoms with Gasteiger partial charge in [0.2, 0.25) is 0 Å². The van der Waals surface area contributed by atoms with Crippen LogP contribution in [-0.2, 0) is 0 Å². The first-order valence-electron chi connectivity index (χ1n) is 8.76. The van der Waals surface area contributed by atoms with Crippen molar-refractivity contribution in [3.8, 4) is 17.0 Å². The third-order valence-corrected chi connectivity index (χ3v) is 4.47. The SMILES string of the molecule is COc1cccc(-c2nc3cc(C)ccn3c2N=Nc2ccccc2C)c1. The number of nitrogens with zero attached hydrogens (tertiary/aromatic N) is 4. The molecule has 0 fully saturated rings. The number of imidazole rings is 1. The molecule has 0 bridgehead atoms. The third-order valence-electron chi connectivity index (χ3n) is 4.47. The Balaban J connectivity index is 1.90. The molecule has 0 saturated heterocycles. The summed E-state index contributed by atoms with van der Waals surface area (Å²) in [6, 6.07) is 19.8. The number of fused-ring (bicyclic) bond motifs is 1. The van der Waals surface area contributed by atoms with E-state index < -0.39 is 0 Å². The summed E-state index contributed by atoms with van der Waals surface area (Å²) in [5.74, 6) is 1.48. The minimum atomic E-state index is 0.696.